The van der Waals surface area contributed by atoms with Gasteiger partial charge in [0.05, 0.1) is 11.1 Å². The lowest BCUT2D eigenvalue weighted by Gasteiger charge is -2.13. The highest BCUT2D eigenvalue weighted by Gasteiger charge is 2.27. The number of aromatic nitrogens is 1. The lowest BCUT2D eigenvalue weighted by Crippen LogP contribution is -2.37. The number of hydrogen-bond donors (Lipinski definition) is 1. The van der Waals surface area contributed by atoms with Crippen LogP contribution in [0.4, 0.5) is 4.79 Å². The Morgan fingerprint density at radius 3 is 2.79 bits per heavy atom. The number of amides is 3. The van der Waals surface area contributed by atoms with E-state index in [0.717, 1.165) is 10.7 Å². The Labute approximate surface area is 160 Å². The maximum Gasteiger partial charge on any atom is 0.339 e. The zero-order chi connectivity index (χ0) is 19.7. The molecule has 3 heterocycles. The minimum atomic E-state index is -0.670. The molecular weight excluding hydrogens is 362 g/mol. The molecule has 1 N–H and O–H groups in total. The van der Waals surface area contributed by atoms with Gasteiger partial charge in [0.15, 0.2) is 12.4 Å². The SMILES string of the molecule is Cc1ccc(-c2cc(C(=O)OCC(=O)N3CCNC3=O)c3ccccc3n2)o1. The molecule has 1 aliphatic rings. The zero-order valence-electron chi connectivity index (χ0n) is 15.1. The molecule has 4 rings (SSSR count). The number of nitrogens with zero attached hydrogens (tertiary/aromatic N) is 2. The van der Waals surface area contributed by atoms with Gasteiger partial charge in [-0.1, -0.05) is 18.2 Å². The van der Waals surface area contributed by atoms with E-state index >= 15 is 0 Å². The van der Waals surface area contributed by atoms with Crippen LogP contribution in [0.2, 0.25) is 0 Å². The molecule has 0 bridgehead atoms. The van der Waals surface area contributed by atoms with Crippen LogP contribution < -0.4 is 5.32 Å². The largest absolute Gasteiger partial charge is 0.460 e. The van der Waals surface area contributed by atoms with Gasteiger partial charge in [0, 0.05) is 18.5 Å². The van der Waals surface area contributed by atoms with Gasteiger partial charge in [-0.15, -0.1) is 0 Å². The van der Waals surface area contributed by atoms with Crippen LogP contribution in [0.1, 0.15) is 16.1 Å². The van der Waals surface area contributed by atoms with Crippen molar-refractivity contribution in [3.63, 3.8) is 0 Å². The summed E-state index contributed by atoms with van der Waals surface area (Å²) in [5.74, 6) is 0.0189. The maximum absolute atomic E-state index is 12.7. The second kappa shape index (κ2) is 7.15. The van der Waals surface area contributed by atoms with Gasteiger partial charge >= 0.3 is 12.0 Å². The molecule has 0 unspecified atom stereocenters. The summed E-state index contributed by atoms with van der Waals surface area (Å²) in [6.07, 6.45) is 0. The third kappa shape index (κ3) is 3.32. The first-order valence-electron chi connectivity index (χ1n) is 8.75. The van der Waals surface area contributed by atoms with Crippen molar-refractivity contribution in [3.05, 3.63) is 53.8 Å². The average molecular weight is 379 g/mol. The van der Waals surface area contributed by atoms with Crippen molar-refractivity contribution in [1.82, 2.24) is 15.2 Å². The number of imide groups is 1. The first-order valence-corrected chi connectivity index (χ1v) is 8.75. The second-order valence-electron chi connectivity index (χ2n) is 6.34. The summed E-state index contributed by atoms with van der Waals surface area (Å²) >= 11 is 0. The van der Waals surface area contributed by atoms with Gasteiger partial charge in [0.1, 0.15) is 11.5 Å². The van der Waals surface area contributed by atoms with Crippen LogP contribution in [0.5, 0.6) is 0 Å². The Balaban J connectivity index is 1.62. The number of urea groups is 1. The molecule has 1 aliphatic heterocycles. The van der Waals surface area contributed by atoms with Gasteiger partial charge in [-0.05, 0) is 31.2 Å². The number of esters is 1. The number of nitrogens with one attached hydrogen (secondary N) is 1. The predicted octanol–water partition coefficient (Wildman–Crippen LogP) is 2.51. The van der Waals surface area contributed by atoms with E-state index in [1.54, 1.807) is 30.3 Å². The molecule has 8 nitrogen and oxygen atoms in total. The molecule has 0 atom stereocenters. The summed E-state index contributed by atoms with van der Waals surface area (Å²) < 4.78 is 10.8. The Bertz CT molecular complexity index is 1090. The number of aryl methyl sites for hydroxylation is 1. The molecule has 142 valence electrons. The Hall–Kier alpha value is -3.68. The highest BCUT2D eigenvalue weighted by molar-refractivity contribution is 6.05. The normalized spacial score (nSPS) is 13.6. The van der Waals surface area contributed by atoms with E-state index in [2.05, 4.69) is 10.3 Å². The summed E-state index contributed by atoms with van der Waals surface area (Å²) in [5, 5.41) is 3.13. The molecule has 0 saturated carbocycles. The fraction of sp³-hybridized carbons (Fsp3) is 0.200. The van der Waals surface area contributed by atoms with Crippen LogP contribution in [0, 0.1) is 6.92 Å². The molecular formula is C20H17N3O5. The first-order chi connectivity index (χ1) is 13.5. The summed E-state index contributed by atoms with van der Waals surface area (Å²) in [6, 6.07) is 11.8. The molecule has 0 radical (unpaired) electrons. The van der Waals surface area contributed by atoms with Gasteiger partial charge < -0.3 is 14.5 Å². The summed E-state index contributed by atoms with van der Waals surface area (Å²) in [4.78, 5) is 41.9. The van der Waals surface area contributed by atoms with E-state index in [1.807, 2.05) is 19.1 Å². The van der Waals surface area contributed by atoms with Crippen LogP contribution in [0.25, 0.3) is 22.4 Å². The maximum atomic E-state index is 12.7. The third-order valence-corrected chi connectivity index (χ3v) is 4.41. The molecule has 1 fully saturated rings. The lowest BCUT2D eigenvalue weighted by atomic mass is 10.1. The van der Waals surface area contributed by atoms with Gasteiger partial charge in [0.2, 0.25) is 0 Å². The van der Waals surface area contributed by atoms with Crippen molar-refractivity contribution in [2.24, 2.45) is 0 Å². The zero-order valence-corrected chi connectivity index (χ0v) is 15.1. The van der Waals surface area contributed by atoms with E-state index < -0.39 is 24.5 Å². The van der Waals surface area contributed by atoms with Crippen molar-refractivity contribution < 1.29 is 23.5 Å². The number of pyridine rings is 1. The molecule has 0 spiro atoms. The van der Waals surface area contributed by atoms with E-state index in [0.29, 0.717) is 28.9 Å². The molecule has 28 heavy (non-hydrogen) atoms. The molecule has 1 aromatic carbocycles. The van der Waals surface area contributed by atoms with Gasteiger partial charge in [0.25, 0.3) is 5.91 Å². The van der Waals surface area contributed by atoms with Gasteiger partial charge in [-0.25, -0.2) is 14.6 Å². The van der Waals surface area contributed by atoms with Crippen LogP contribution in [0.3, 0.4) is 0 Å². The Morgan fingerprint density at radius 1 is 1.25 bits per heavy atom. The number of carbonyl (C=O) groups is 3. The summed E-state index contributed by atoms with van der Waals surface area (Å²) in [5.41, 5.74) is 1.36. The minimum absolute atomic E-state index is 0.259. The van der Waals surface area contributed by atoms with Crippen molar-refractivity contribution in [2.45, 2.75) is 6.92 Å². The predicted molar refractivity (Wildman–Crippen MR) is 99.6 cm³/mol. The quantitative estimate of drug-likeness (QED) is 0.699. The monoisotopic (exact) mass is 379 g/mol. The van der Waals surface area contributed by atoms with E-state index in [1.165, 1.54) is 0 Å². The number of ether oxygens (including phenoxy) is 1. The smallest absolute Gasteiger partial charge is 0.339 e. The number of hydrogen-bond acceptors (Lipinski definition) is 6. The Morgan fingerprint density at radius 2 is 2.07 bits per heavy atom. The number of rotatable bonds is 4. The topological polar surface area (TPSA) is 102 Å². The highest BCUT2D eigenvalue weighted by Crippen LogP contribution is 2.26. The van der Waals surface area contributed by atoms with Crippen LogP contribution in [-0.2, 0) is 9.53 Å². The first kappa shape index (κ1) is 17.7. The molecule has 0 aliphatic carbocycles. The molecule has 2 aromatic heterocycles. The fourth-order valence-corrected chi connectivity index (χ4v) is 3.04. The average Bonchev–Trinajstić information content (AvgIpc) is 3.33. The highest BCUT2D eigenvalue weighted by atomic mass is 16.5. The summed E-state index contributed by atoms with van der Waals surface area (Å²) in [7, 11) is 0. The van der Waals surface area contributed by atoms with Crippen molar-refractivity contribution in [3.8, 4) is 11.5 Å². The van der Waals surface area contributed by atoms with Crippen LogP contribution >= 0.6 is 0 Å². The molecule has 1 saturated heterocycles. The third-order valence-electron chi connectivity index (χ3n) is 4.41. The minimum Gasteiger partial charge on any atom is -0.460 e. The molecule has 8 heteroatoms. The number of carbonyl (C=O) groups excluding carboxylic acids is 3. The molecule has 3 aromatic rings. The van der Waals surface area contributed by atoms with E-state index in [9.17, 15) is 14.4 Å². The van der Waals surface area contributed by atoms with E-state index in [-0.39, 0.29) is 12.1 Å². The van der Waals surface area contributed by atoms with Crippen LogP contribution in [-0.4, -0.2) is 47.5 Å². The number of benzene rings is 1. The van der Waals surface area contributed by atoms with Crippen molar-refractivity contribution >= 4 is 28.8 Å². The number of furan rings is 1. The van der Waals surface area contributed by atoms with Gasteiger partial charge in [-0.2, -0.15) is 0 Å². The van der Waals surface area contributed by atoms with Crippen molar-refractivity contribution in [1.29, 1.82) is 0 Å². The van der Waals surface area contributed by atoms with Gasteiger partial charge in [-0.3, -0.25) is 9.69 Å². The lowest BCUT2D eigenvalue weighted by molar-refractivity contribution is -0.130. The van der Waals surface area contributed by atoms with E-state index in [4.69, 9.17) is 9.15 Å². The second-order valence-corrected chi connectivity index (χ2v) is 6.34. The number of para-hydroxylation sites is 1. The standard InChI is InChI=1S/C20H17N3O5/c1-12-6-7-17(28-12)16-10-14(13-4-2-3-5-15(13)22-16)19(25)27-11-18(24)23-9-8-21-20(23)26/h2-7,10H,8-9,11H2,1H3,(H,21,26). The Kier molecular flexibility index (Phi) is 4.52. The van der Waals surface area contributed by atoms with Crippen LogP contribution in [0.15, 0.2) is 46.9 Å². The fourth-order valence-electron chi connectivity index (χ4n) is 3.04. The molecule has 3 amide bonds. The number of fused-ring (bicyclic) bond motifs is 1. The van der Waals surface area contributed by atoms with Crippen molar-refractivity contribution in [2.75, 3.05) is 19.7 Å². The summed E-state index contributed by atoms with van der Waals surface area (Å²) in [6.45, 7) is 1.95.